The van der Waals surface area contributed by atoms with Crippen LogP contribution in [0, 0.1) is 0 Å². The van der Waals surface area contributed by atoms with Gasteiger partial charge in [-0.25, -0.2) is 9.59 Å². The molecule has 152 valence electrons. The number of barbiturate groups is 1. The number of anilines is 1. The second-order valence-electron chi connectivity index (χ2n) is 6.55. The van der Waals surface area contributed by atoms with Crippen molar-refractivity contribution in [3.05, 3.63) is 42.0 Å². The van der Waals surface area contributed by atoms with Crippen LogP contribution in [-0.4, -0.2) is 64.9 Å². The maximum absolute atomic E-state index is 12.2. The lowest BCUT2D eigenvalue weighted by Crippen LogP contribution is -2.57. The molecule has 2 saturated heterocycles. The number of rotatable bonds is 3. The molecule has 1 atom stereocenters. The number of nitrogens with one attached hydrogen (secondary N) is 1. The highest BCUT2D eigenvalue weighted by Gasteiger charge is 2.39. The van der Waals surface area contributed by atoms with Crippen molar-refractivity contribution in [2.45, 2.75) is 12.5 Å². The van der Waals surface area contributed by atoms with Crippen molar-refractivity contribution < 1.29 is 23.9 Å². The third-order valence-corrected chi connectivity index (χ3v) is 5.56. The van der Waals surface area contributed by atoms with Crippen molar-refractivity contribution in [3.63, 3.8) is 0 Å². The summed E-state index contributed by atoms with van der Waals surface area (Å²) in [6.07, 6.45) is 0.213. The third kappa shape index (κ3) is 4.32. The molecule has 2 aliphatic heterocycles. The lowest BCUT2D eigenvalue weighted by Gasteiger charge is -2.27. The molecule has 0 radical (unpaired) electrons. The molecule has 9 nitrogen and oxygen atoms in total. The molecule has 1 aromatic carbocycles. The zero-order chi connectivity index (χ0) is 21.1. The normalized spacial score (nSPS) is 21.0. The van der Waals surface area contributed by atoms with E-state index < -0.39 is 35.6 Å². The van der Waals surface area contributed by atoms with E-state index in [2.05, 4.69) is 17.1 Å². The summed E-state index contributed by atoms with van der Waals surface area (Å²) in [4.78, 5) is 49.8. The number of carbonyl (C=O) groups is 4. The number of benzene rings is 1. The minimum Gasteiger partial charge on any atom is -0.454 e. The Bertz CT molecular complexity index is 903. The molecule has 0 aliphatic carbocycles. The van der Waals surface area contributed by atoms with Crippen molar-refractivity contribution >= 4 is 47.0 Å². The number of carbonyl (C=O) groups excluding carboxylic acids is 4. The fourth-order valence-electron chi connectivity index (χ4n) is 2.78. The number of imide groups is 2. The maximum atomic E-state index is 12.2. The van der Waals surface area contributed by atoms with Crippen LogP contribution in [0.5, 0.6) is 0 Å². The second kappa shape index (κ2) is 8.48. The van der Waals surface area contributed by atoms with Crippen LogP contribution >= 0.6 is 11.8 Å². The molecule has 2 fully saturated rings. The number of ether oxygens (including phenoxy) is 1. The molecule has 0 spiro atoms. The van der Waals surface area contributed by atoms with Gasteiger partial charge in [0.05, 0.1) is 5.69 Å². The van der Waals surface area contributed by atoms with E-state index in [9.17, 15) is 19.2 Å². The van der Waals surface area contributed by atoms with Gasteiger partial charge < -0.3 is 4.74 Å². The Kier molecular flexibility index (Phi) is 6.02. The van der Waals surface area contributed by atoms with Gasteiger partial charge in [0, 0.05) is 25.4 Å². The van der Waals surface area contributed by atoms with Gasteiger partial charge in [-0.15, -0.1) is 0 Å². The Labute approximate surface area is 171 Å². The Hall–Kier alpha value is -3.14. The van der Waals surface area contributed by atoms with Crippen LogP contribution in [0.1, 0.15) is 18.1 Å². The SMILES string of the molecule is C=C1CSCCC(c2cccc(NN=C3C(=O)N(C)C(=O)N(C)C3=O)c2)OC1=O. The molecule has 1 unspecified atom stereocenters. The highest BCUT2D eigenvalue weighted by molar-refractivity contribution is 7.99. The maximum Gasteiger partial charge on any atom is 0.334 e. The molecule has 2 aliphatic rings. The predicted octanol–water partition coefficient (Wildman–Crippen LogP) is 1.78. The van der Waals surface area contributed by atoms with Gasteiger partial charge in [0.25, 0.3) is 11.8 Å². The standard InChI is InChI=1S/C19H20N4O5S/c1-11-10-29-8-7-14(28-18(11)26)12-5-4-6-13(9-12)20-21-15-16(24)22(2)19(27)23(3)17(15)25/h4-6,9,14,20H,1,7-8,10H2,2-3H3. The highest BCUT2D eigenvalue weighted by Crippen LogP contribution is 2.29. The molecule has 10 heteroatoms. The molecule has 4 amide bonds. The zero-order valence-electron chi connectivity index (χ0n) is 16.0. The second-order valence-corrected chi connectivity index (χ2v) is 7.65. The molecule has 29 heavy (non-hydrogen) atoms. The molecular formula is C19H20N4O5S. The third-order valence-electron chi connectivity index (χ3n) is 4.48. The summed E-state index contributed by atoms with van der Waals surface area (Å²) >= 11 is 1.62. The first kappa shape index (κ1) is 20.6. The minimum absolute atomic E-state index is 0.398. The zero-order valence-corrected chi connectivity index (χ0v) is 16.8. The van der Waals surface area contributed by atoms with Gasteiger partial charge in [-0.1, -0.05) is 18.7 Å². The van der Waals surface area contributed by atoms with E-state index in [4.69, 9.17) is 4.74 Å². The van der Waals surface area contributed by atoms with Gasteiger partial charge in [-0.3, -0.25) is 24.8 Å². The van der Waals surface area contributed by atoms with E-state index in [1.54, 1.807) is 30.0 Å². The molecule has 0 bridgehead atoms. The van der Waals surface area contributed by atoms with Crippen molar-refractivity contribution in [3.8, 4) is 0 Å². The Morgan fingerprint density at radius 3 is 2.55 bits per heavy atom. The average Bonchev–Trinajstić information content (AvgIpc) is 2.71. The Morgan fingerprint density at radius 1 is 1.17 bits per heavy atom. The van der Waals surface area contributed by atoms with Crippen LogP contribution < -0.4 is 5.43 Å². The predicted molar refractivity (Wildman–Crippen MR) is 108 cm³/mol. The van der Waals surface area contributed by atoms with E-state index >= 15 is 0 Å². The van der Waals surface area contributed by atoms with Gasteiger partial charge in [0.2, 0.25) is 5.71 Å². The van der Waals surface area contributed by atoms with Crippen LogP contribution in [0.4, 0.5) is 10.5 Å². The fourth-order valence-corrected chi connectivity index (χ4v) is 3.67. The van der Waals surface area contributed by atoms with E-state index in [1.165, 1.54) is 14.1 Å². The number of hydrazone groups is 1. The summed E-state index contributed by atoms with van der Waals surface area (Å²) < 4.78 is 5.54. The van der Waals surface area contributed by atoms with Crippen LogP contribution in [0.25, 0.3) is 0 Å². The number of esters is 1. The van der Waals surface area contributed by atoms with E-state index in [-0.39, 0.29) is 0 Å². The molecule has 2 heterocycles. The van der Waals surface area contributed by atoms with Crippen LogP contribution in [0.2, 0.25) is 0 Å². The largest absolute Gasteiger partial charge is 0.454 e. The van der Waals surface area contributed by atoms with E-state index in [0.717, 1.165) is 21.1 Å². The summed E-state index contributed by atoms with van der Waals surface area (Å²) in [6, 6.07) is 6.28. The number of nitrogens with zero attached hydrogens (tertiary/aromatic N) is 3. The molecule has 1 N–H and O–H groups in total. The number of thioether (sulfide) groups is 1. The smallest absolute Gasteiger partial charge is 0.334 e. The van der Waals surface area contributed by atoms with Gasteiger partial charge in [-0.2, -0.15) is 16.9 Å². The molecule has 0 saturated carbocycles. The minimum atomic E-state index is -0.786. The summed E-state index contributed by atoms with van der Waals surface area (Å²) in [6.45, 7) is 3.73. The van der Waals surface area contributed by atoms with Crippen molar-refractivity contribution in [2.24, 2.45) is 5.10 Å². The first-order valence-electron chi connectivity index (χ1n) is 8.80. The van der Waals surface area contributed by atoms with Gasteiger partial charge in [0.1, 0.15) is 6.10 Å². The van der Waals surface area contributed by atoms with E-state index in [0.29, 0.717) is 23.4 Å². The summed E-state index contributed by atoms with van der Waals surface area (Å²) in [5.74, 6) is -0.627. The van der Waals surface area contributed by atoms with Gasteiger partial charge in [0.15, 0.2) is 0 Å². The molecule has 3 rings (SSSR count). The monoisotopic (exact) mass is 416 g/mol. The van der Waals surface area contributed by atoms with Crippen LogP contribution in [0.3, 0.4) is 0 Å². The molecule has 1 aromatic rings. The molecule has 0 aromatic heterocycles. The Morgan fingerprint density at radius 2 is 1.86 bits per heavy atom. The van der Waals surface area contributed by atoms with Crippen LogP contribution in [0.15, 0.2) is 41.5 Å². The summed E-state index contributed by atoms with van der Waals surface area (Å²) in [7, 11) is 2.55. The fraction of sp³-hybridized carbons (Fsp3) is 0.316. The van der Waals surface area contributed by atoms with Crippen molar-refractivity contribution in [1.29, 1.82) is 0 Å². The topological polar surface area (TPSA) is 108 Å². The van der Waals surface area contributed by atoms with Crippen molar-refractivity contribution in [2.75, 3.05) is 31.0 Å². The quantitative estimate of drug-likeness (QED) is 0.454. The average molecular weight is 416 g/mol. The van der Waals surface area contributed by atoms with Gasteiger partial charge in [-0.05, 0) is 29.9 Å². The lowest BCUT2D eigenvalue weighted by atomic mass is 10.1. The number of hydrogen-bond donors (Lipinski definition) is 1. The van der Waals surface area contributed by atoms with Gasteiger partial charge >= 0.3 is 12.0 Å². The first-order chi connectivity index (χ1) is 13.8. The van der Waals surface area contributed by atoms with E-state index in [1.807, 2.05) is 6.07 Å². The van der Waals surface area contributed by atoms with Crippen molar-refractivity contribution in [1.82, 2.24) is 9.80 Å². The lowest BCUT2D eigenvalue weighted by molar-refractivity contribution is -0.144. The number of cyclic esters (lactones) is 1. The number of amides is 4. The summed E-state index contributed by atoms with van der Waals surface area (Å²) in [5, 5.41) is 3.90. The summed E-state index contributed by atoms with van der Waals surface area (Å²) in [5.41, 5.74) is 3.96. The number of hydrogen-bond acceptors (Lipinski definition) is 8. The first-order valence-corrected chi connectivity index (χ1v) is 9.95. The van der Waals surface area contributed by atoms with Crippen LogP contribution in [-0.2, 0) is 19.1 Å². The molecular weight excluding hydrogens is 396 g/mol. The number of urea groups is 1. The highest BCUT2D eigenvalue weighted by atomic mass is 32.2. The Balaban J connectivity index is 1.79.